The zero-order valence-corrected chi connectivity index (χ0v) is 14.1. The van der Waals surface area contributed by atoms with Crippen molar-refractivity contribution in [1.29, 1.82) is 0 Å². The number of nitrogens with one attached hydrogen (secondary N) is 2. The number of anilines is 2. The minimum Gasteiger partial charge on any atom is -0.365 e. The highest BCUT2D eigenvalue weighted by molar-refractivity contribution is 7.16. The number of rotatable bonds is 6. The van der Waals surface area contributed by atoms with Crippen molar-refractivity contribution in [1.82, 2.24) is 0 Å². The minimum absolute atomic E-state index is 0.0651. The summed E-state index contributed by atoms with van der Waals surface area (Å²) >= 11 is 1.26. The van der Waals surface area contributed by atoms with Crippen LogP contribution >= 0.6 is 11.3 Å². The maximum absolute atomic E-state index is 12.5. The van der Waals surface area contributed by atoms with Crippen molar-refractivity contribution in [3.8, 4) is 0 Å². The van der Waals surface area contributed by atoms with Crippen molar-refractivity contribution < 1.29 is 14.4 Å². The van der Waals surface area contributed by atoms with Crippen LogP contribution < -0.4 is 16.4 Å². The van der Waals surface area contributed by atoms with Gasteiger partial charge in [0.2, 0.25) is 0 Å². The fourth-order valence-corrected chi connectivity index (χ4v) is 3.16. The first-order chi connectivity index (χ1) is 11.4. The molecule has 0 aliphatic rings. The van der Waals surface area contributed by atoms with E-state index in [-0.39, 0.29) is 11.3 Å². The Bertz CT molecular complexity index is 810. The summed E-state index contributed by atoms with van der Waals surface area (Å²) in [7, 11) is 0. The van der Waals surface area contributed by atoms with Gasteiger partial charge in [0.1, 0.15) is 17.0 Å². The summed E-state index contributed by atoms with van der Waals surface area (Å²) in [6.07, 6.45) is 1.64. The largest absolute Gasteiger partial charge is 0.365 e. The maximum atomic E-state index is 12.5. The van der Waals surface area contributed by atoms with Gasteiger partial charge in [0.05, 0.1) is 5.56 Å². The van der Waals surface area contributed by atoms with Gasteiger partial charge in [0, 0.05) is 16.6 Å². The Morgan fingerprint density at radius 2 is 1.79 bits per heavy atom. The summed E-state index contributed by atoms with van der Waals surface area (Å²) in [6.45, 7) is 3.61. The number of benzene rings is 1. The third-order valence-corrected chi connectivity index (χ3v) is 4.51. The van der Waals surface area contributed by atoms with Crippen LogP contribution in [0.15, 0.2) is 42.1 Å². The number of hydrogen-bond donors (Lipinski definition) is 3. The lowest BCUT2D eigenvalue weighted by Gasteiger charge is -2.11. The van der Waals surface area contributed by atoms with Crippen LogP contribution in [0, 0.1) is 13.8 Å². The molecule has 0 bridgehead atoms. The van der Waals surface area contributed by atoms with Gasteiger partial charge in [0.15, 0.2) is 0 Å². The van der Waals surface area contributed by atoms with E-state index >= 15 is 0 Å². The van der Waals surface area contributed by atoms with Crippen molar-refractivity contribution in [3.63, 3.8) is 0 Å². The highest BCUT2D eigenvalue weighted by Gasteiger charge is 2.20. The van der Waals surface area contributed by atoms with Crippen LogP contribution in [0.5, 0.6) is 0 Å². The number of primary amides is 1. The number of aryl methyl sites for hydroxylation is 1. The molecule has 0 spiro atoms. The normalized spacial score (nSPS) is 11.0. The highest BCUT2D eigenvalue weighted by Crippen LogP contribution is 2.32. The van der Waals surface area contributed by atoms with Crippen LogP contribution in [0.25, 0.3) is 0 Å². The van der Waals surface area contributed by atoms with Gasteiger partial charge >= 0.3 is 0 Å². The van der Waals surface area contributed by atoms with E-state index in [0.717, 1.165) is 16.5 Å². The molecule has 1 aromatic heterocycles. The lowest BCUT2D eigenvalue weighted by molar-refractivity contribution is -0.113. The van der Waals surface area contributed by atoms with Gasteiger partial charge in [0.25, 0.3) is 11.8 Å². The zero-order chi connectivity index (χ0) is 17.7. The highest BCUT2D eigenvalue weighted by atomic mass is 32.1. The molecular weight excluding hydrogens is 326 g/mol. The topological polar surface area (TPSA) is 101 Å². The Labute approximate surface area is 143 Å². The number of carbonyl (C=O) groups is 3. The van der Waals surface area contributed by atoms with Crippen LogP contribution in [-0.2, 0) is 9.59 Å². The SMILES string of the molecule is Cc1sc(NC(=O)/C(=C/C=O)Nc2ccccc2)c(C(N)=O)c1C. The minimum atomic E-state index is -0.607. The quantitative estimate of drug-likeness (QED) is 0.554. The molecular formula is C17H17N3O3S. The molecule has 7 heteroatoms. The fraction of sp³-hybridized carbons (Fsp3) is 0.118. The first-order valence-electron chi connectivity index (χ1n) is 7.12. The number of carbonyl (C=O) groups excluding carboxylic acids is 3. The zero-order valence-electron chi connectivity index (χ0n) is 13.3. The number of para-hydroxylation sites is 1. The molecule has 1 heterocycles. The molecule has 0 aliphatic heterocycles. The van der Waals surface area contributed by atoms with Gasteiger partial charge in [-0.2, -0.15) is 0 Å². The number of amides is 2. The predicted octanol–water partition coefficient (Wildman–Crippen LogP) is 2.60. The molecule has 0 saturated heterocycles. The van der Waals surface area contributed by atoms with E-state index in [0.29, 0.717) is 17.0 Å². The predicted molar refractivity (Wildman–Crippen MR) is 95.2 cm³/mol. The van der Waals surface area contributed by atoms with E-state index < -0.39 is 11.8 Å². The third-order valence-electron chi connectivity index (χ3n) is 3.39. The summed E-state index contributed by atoms with van der Waals surface area (Å²) < 4.78 is 0. The second kappa shape index (κ2) is 7.56. The number of thiophene rings is 1. The van der Waals surface area contributed by atoms with Crippen molar-refractivity contribution in [2.24, 2.45) is 5.73 Å². The van der Waals surface area contributed by atoms with Gasteiger partial charge in [-0.15, -0.1) is 11.3 Å². The summed E-state index contributed by atoms with van der Waals surface area (Å²) in [6, 6.07) is 8.97. The second-order valence-electron chi connectivity index (χ2n) is 5.01. The van der Waals surface area contributed by atoms with Gasteiger partial charge in [-0.3, -0.25) is 14.4 Å². The van der Waals surface area contributed by atoms with Gasteiger partial charge in [-0.05, 0) is 31.5 Å². The van der Waals surface area contributed by atoms with Gasteiger partial charge < -0.3 is 16.4 Å². The number of allylic oxidation sites excluding steroid dienone is 1. The van der Waals surface area contributed by atoms with Crippen LogP contribution in [0.4, 0.5) is 10.7 Å². The smallest absolute Gasteiger partial charge is 0.272 e. The summed E-state index contributed by atoms with van der Waals surface area (Å²) in [4.78, 5) is 35.8. The Balaban J connectivity index is 2.26. The van der Waals surface area contributed by atoms with Crippen LogP contribution in [-0.4, -0.2) is 18.1 Å². The molecule has 0 aliphatic carbocycles. The standard InChI is InChI=1S/C17H17N3O3S/c1-10-11(2)24-17(14(10)15(18)22)20-16(23)13(8-9-21)19-12-6-4-3-5-7-12/h3-9,19H,1-2H3,(H2,18,22)(H,20,23)/b13-8-. The Kier molecular flexibility index (Phi) is 5.49. The van der Waals surface area contributed by atoms with E-state index in [2.05, 4.69) is 10.6 Å². The lowest BCUT2D eigenvalue weighted by atomic mass is 10.1. The van der Waals surface area contributed by atoms with E-state index in [1.54, 1.807) is 31.2 Å². The fourth-order valence-electron chi connectivity index (χ4n) is 2.10. The molecule has 124 valence electrons. The Morgan fingerprint density at radius 3 is 2.38 bits per heavy atom. The second-order valence-corrected chi connectivity index (χ2v) is 6.24. The first-order valence-corrected chi connectivity index (χ1v) is 7.94. The van der Waals surface area contributed by atoms with Crippen molar-refractivity contribution in [3.05, 3.63) is 58.1 Å². The monoisotopic (exact) mass is 343 g/mol. The van der Waals surface area contributed by atoms with E-state index in [9.17, 15) is 14.4 Å². The molecule has 1 aromatic carbocycles. The molecule has 2 rings (SSSR count). The molecule has 0 saturated carbocycles. The number of nitrogens with two attached hydrogens (primary N) is 1. The average molecular weight is 343 g/mol. The number of aldehydes is 1. The molecule has 2 aromatic rings. The van der Waals surface area contributed by atoms with Crippen LogP contribution in [0.1, 0.15) is 20.8 Å². The van der Waals surface area contributed by atoms with Gasteiger partial charge in [-0.1, -0.05) is 18.2 Å². The van der Waals surface area contributed by atoms with E-state index in [1.165, 1.54) is 11.3 Å². The van der Waals surface area contributed by atoms with Gasteiger partial charge in [-0.25, -0.2) is 0 Å². The third kappa shape index (κ3) is 3.88. The van der Waals surface area contributed by atoms with Crippen molar-refractivity contribution in [2.45, 2.75) is 13.8 Å². The Morgan fingerprint density at radius 1 is 1.12 bits per heavy atom. The summed E-state index contributed by atoms with van der Waals surface area (Å²) in [5, 5.41) is 5.89. The molecule has 4 N–H and O–H groups in total. The van der Waals surface area contributed by atoms with E-state index in [4.69, 9.17) is 5.73 Å². The van der Waals surface area contributed by atoms with E-state index in [1.807, 2.05) is 13.0 Å². The van der Waals surface area contributed by atoms with Crippen molar-refractivity contribution >= 4 is 40.1 Å². The van der Waals surface area contributed by atoms with Crippen LogP contribution in [0.2, 0.25) is 0 Å². The maximum Gasteiger partial charge on any atom is 0.272 e. The molecule has 2 amide bonds. The average Bonchev–Trinajstić information content (AvgIpc) is 2.82. The number of hydrogen-bond acceptors (Lipinski definition) is 5. The summed E-state index contributed by atoms with van der Waals surface area (Å²) in [5.74, 6) is -1.14. The molecule has 0 unspecified atom stereocenters. The molecule has 24 heavy (non-hydrogen) atoms. The Hall–Kier alpha value is -2.93. The molecule has 0 radical (unpaired) electrons. The molecule has 6 nitrogen and oxygen atoms in total. The van der Waals surface area contributed by atoms with Crippen LogP contribution in [0.3, 0.4) is 0 Å². The van der Waals surface area contributed by atoms with Crippen molar-refractivity contribution in [2.75, 3.05) is 10.6 Å². The lowest BCUT2D eigenvalue weighted by Crippen LogP contribution is -2.22. The molecule has 0 fully saturated rings. The molecule has 0 atom stereocenters. The summed E-state index contributed by atoms with van der Waals surface area (Å²) in [5.41, 5.74) is 7.14. The first kappa shape index (κ1) is 17.4.